The Balaban J connectivity index is 2.28. The standard InChI is InChI=1S/C13H14N2O4/c1-2-19-13(18)10-8-11(12(16)17)15(14-10)9-6-4-3-5-7-9/h3-7,11H,2,8H2,1H3,(H,16,17)/t11-/m0/s1. The maximum absolute atomic E-state index is 11.6. The fourth-order valence-electron chi connectivity index (χ4n) is 1.86. The van der Waals surface area contributed by atoms with Gasteiger partial charge in [-0.15, -0.1) is 0 Å². The van der Waals surface area contributed by atoms with E-state index in [0.717, 1.165) is 0 Å². The van der Waals surface area contributed by atoms with Gasteiger partial charge in [0.1, 0.15) is 5.71 Å². The number of carboxylic acid groups (broad SMARTS) is 1. The number of carbonyl (C=O) groups excluding carboxylic acids is 1. The summed E-state index contributed by atoms with van der Waals surface area (Å²) >= 11 is 0. The molecule has 0 radical (unpaired) electrons. The molecule has 0 saturated heterocycles. The van der Waals surface area contributed by atoms with E-state index in [2.05, 4.69) is 5.10 Å². The lowest BCUT2D eigenvalue weighted by atomic mass is 10.1. The number of nitrogens with zero attached hydrogens (tertiary/aromatic N) is 2. The van der Waals surface area contributed by atoms with Crippen LogP contribution in [0, 0.1) is 0 Å². The summed E-state index contributed by atoms with van der Waals surface area (Å²) in [6, 6.07) is 8.01. The number of carboxylic acids is 1. The number of carbonyl (C=O) groups is 2. The van der Waals surface area contributed by atoms with Crippen LogP contribution in [0.3, 0.4) is 0 Å². The van der Waals surface area contributed by atoms with E-state index in [1.54, 1.807) is 31.2 Å². The predicted octanol–water partition coefficient (Wildman–Crippen LogP) is 1.27. The van der Waals surface area contributed by atoms with Gasteiger partial charge < -0.3 is 9.84 Å². The molecule has 1 aliphatic heterocycles. The van der Waals surface area contributed by atoms with E-state index in [4.69, 9.17) is 4.74 Å². The first kappa shape index (κ1) is 13.1. The van der Waals surface area contributed by atoms with Crippen molar-refractivity contribution in [1.82, 2.24) is 0 Å². The molecule has 19 heavy (non-hydrogen) atoms. The van der Waals surface area contributed by atoms with Gasteiger partial charge in [-0.25, -0.2) is 9.59 Å². The summed E-state index contributed by atoms with van der Waals surface area (Å²) in [5.41, 5.74) is 0.771. The minimum atomic E-state index is -1.02. The third-order valence-corrected chi connectivity index (χ3v) is 2.73. The number of hydrogen-bond acceptors (Lipinski definition) is 5. The monoisotopic (exact) mass is 262 g/mol. The van der Waals surface area contributed by atoms with Crippen molar-refractivity contribution in [2.45, 2.75) is 19.4 Å². The van der Waals surface area contributed by atoms with Gasteiger partial charge in [-0.3, -0.25) is 5.01 Å². The van der Waals surface area contributed by atoms with E-state index < -0.39 is 18.0 Å². The molecule has 1 aromatic rings. The molecule has 0 spiro atoms. The number of hydrogen-bond donors (Lipinski definition) is 1. The van der Waals surface area contributed by atoms with Gasteiger partial charge in [-0.05, 0) is 19.1 Å². The molecular formula is C13H14N2O4. The van der Waals surface area contributed by atoms with E-state index >= 15 is 0 Å². The molecule has 6 nitrogen and oxygen atoms in total. The summed E-state index contributed by atoms with van der Waals surface area (Å²) in [4.78, 5) is 22.9. The molecule has 1 heterocycles. The fourth-order valence-corrected chi connectivity index (χ4v) is 1.86. The zero-order chi connectivity index (χ0) is 13.8. The second kappa shape index (κ2) is 5.51. The van der Waals surface area contributed by atoms with Gasteiger partial charge in [-0.2, -0.15) is 5.10 Å². The van der Waals surface area contributed by atoms with E-state index in [1.807, 2.05) is 6.07 Å². The molecule has 1 N–H and O–H groups in total. The van der Waals surface area contributed by atoms with E-state index in [9.17, 15) is 14.7 Å². The van der Waals surface area contributed by atoms with Gasteiger partial charge in [0.25, 0.3) is 0 Å². The summed E-state index contributed by atoms with van der Waals surface area (Å²) in [5, 5.41) is 14.6. The van der Waals surface area contributed by atoms with Crippen LogP contribution in [0.15, 0.2) is 35.4 Å². The van der Waals surface area contributed by atoms with Crippen LogP contribution >= 0.6 is 0 Å². The van der Waals surface area contributed by atoms with Crippen molar-refractivity contribution >= 4 is 23.3 Å². The van der Waals surface area contributed by atoms with Crippen LogP contribution in [-0.2, 0) is 14.3 Å². The quantitative estimate of drug-likeness (QED) is 0.826. The average Bonchev–Trinajstić information content (AvgIpc) is 2.85. The smallest absolute Gasteiger partial charge is 0.354 e. The summed E-state index contributed by atoms with van der Waals surface area (Å²) in [7, 11) is 0. The highest BCUT2D eigenvalue weighted by atomic mass is 16.5. The molecule has 0 saturated carbocycles. The first-order valence-corrected chi connectivity index (χ1v) is 5.95. The third kappa shape index (κ3) is 2.73. The van der Waals surface area contributed by atoms with Crippen LogP contribution in [0.5, 0.6) is 0 Å². The molecule has 0 amide bonds. The molecule has 0 unspecified atom stereocenters. The third-order valence-electron chi connectivity index (χ3n) is 2.73. The topological polar surface area (TPSA) is 79.2 Å². The van der Waals surface area contributed by atoms with E-state index in [0.29, 0.717) is 5.69 Å². The van der Waals surface area contributed by atoms with E-state index in [1.165, 1.54) is 5.01 Å². The predicted molar refractivity (Wildman–Crippen MR) is 69.0 cm³/mol. The normalized spacial score (nSPS) is 18.1. The second-order valence-corrected chi connectivity index (χ2v) is 4.01. The Kier molecular flexibility index (Phi) is 3.79. The largest absolute Gasteiger partial charge is 0.480 e. The number of anilines is 1. The Labute approximate surface area is 110 Å². The lowest BCUT2D eigenvalue weighted by Crippen LogP contribution is -2.34. The molecule has 0 aliphatic carbocycles. The number of benzene rings is 1. The van der Waals surface area contributed by atoms with Gasteiger partial charge in [0.2, 0.25) is 0 Å². The molecule has 6 heteroatoms. The highest BCUT2D eigenvalue weighted by molar-refractivity contribution is 6.38. The number of para-hydroxylation sites is 1. The zero-order valence-electron chi connectivity index (χ0n) is 10.4. The maximum atomic E-state index is 11.6. The fraction of sp³-hybridized carbons (Fsp3) is 0.308. The minimum absolute atomic E-state index is 0.0447. The van der Waals surface area contributed by atoms with Crippen LogP contribution in [0.2, 0.25) is 0 Å². The zero-order valence-corrected chi connectivity index (χ0v) is 10.4. The molecule has 2 rings (SSSR count). The van der Waals surface area contributed by atoms with Gasteiger partial charge in [0, 0.05) is 6.42 Å². The van der Waals surface area contributed by atoms with Gasteiger partial charge in [0.05, 0.1) is 12.3 Å². The first-order valence-electron chi connectivity index (χ1n) is 5.95. The first-order chi connectivity index (χ1) is 9.13. The molecule has 1 aliphatic rings. The van der Waals surface area contributed by atoms with Crippen LogP contribution in [0.1, 0.15) is 13.3 Å². The number of ether oxygens (including phenoxy) is 1. The lowest BCUT2D eigenvalue weighted by molar-refractivity contribution is -0.138. The molecule has 1 atom stereocenters. The molecule has 100 valence electrons. The van der Waals surface area contributed by atoms with Gasteiger partial charge in [-0.1, -0.05) is 18.2 Å². The van der Waals surface area contributed by atoms with Crippen molar-refractivity contribution in [2.75, 3.05) is 11.6 Å². The van der Waals surface area contributed by atoms with Crippen LogP contribution in [-0.4, -0.2) is 35.4 Å². The Bertz CT molecular complexity index is 513. The van der Waals surface area contributed by atoms with Crippen molar-refractivity contribution < 1.29 is 19.4 Å². The number of hydrazone groups is 1. The number of rotatable bonds is 4. The summed E-state index contributed by atoms with van der Waals surface area (Å²) in [6.45, 7) is 1.93. The summed E-state index contributed by atoms with van der Waals surface area (Å²) in [5.74, 6) is -1.58. The highest BCUT2D eigenvalue weighted by Gasteiger charge is 2.36. The Morgan fingerprint density at radius 1 is 1.42 bits per heavy atom. The summed E-state index contributed by atoms with van der Waals surface area (Å²) < 4.78 is 4.85. The Morgan fingerprint density at radius 2 is 2.11 bits per heavy atom. The highest BCUT2D eigenvalue weighted by Crippen LogP contribution is 2.24. The van der Waals surface area contributed by atoms with Crippen molar-refractivity contribution in [3.05, 3.63) is 30.3 Å². The Hall–Kier alpha value is -2.37. The minimum Gasteiger partial charge on any atom is -0.480 e. The SMILES string of the molecule is CCOC(=O)C1=NN(c2ccccc2)[C@H](C(=O)O)C1. The number of esters is 1. The molecule has 0 fully saturated rings. The average molecular weight is 262 g/mol. The van der Waals surface area contributed by atoms with Crippen molar-refractivity contribution in [2.24, 2.45) is 5.10 Å². The van der Waals surface area contributed by atoms with Crippen LogP contribution in [0.4, 0.5) is 5.69 Å². The molecule has 0 bridgehead atoms. The Morgan fingerprint density at radius 3 is 2.68 bits per heavy atom. The van der Waals surface area contributed by atoms with Gasteiger partial charge >= 0.3 is 11.9 Å². The van der Waals surface area contributed by atoms with Crippen LogP contribution < -0.4 is 5.01 Å². The van der Waals surface area contributed by atoms with Gasteiger partial charge in [0.15, 0.2) is 6.04 Å². The molecular weight excluding hydrogens is 248 g/mol. The van der Waals surface area contributed by atoms with Crippen molar-refractivity contribution in [1.29, 1.82) is 0 Å². The number of aliphatic carboxylic acids is 1. The van der Waals surface area contributed by atoms with Crippen LogP contribution in [0.25, 0.3) is 0 Å². The maximum Gasteiger partial charge on any atom is 0.354 e. The van der Waals surface area contributed by atoms with Crippen molar-refractivity contribution in [3.8, 4) is 0 Å². The summed E-state index contributed by atoms with van der Waals surface area (Å²) in [6.07, 6.45) is 0.0447. The molecule has 1 aromatic carbocycles. The van der Waals surface area contributed by atoms with Crippen molar-refractivity contribution in [3.63, 3.8) is 0 Å². The molecule has 0 aromatic heterocycles. The second-order valence-electron chi connectivity index (χ2n) is 4.01. The van der Waals surface area contributed by atoms with E-state index in [-0.39, 0.29) is 18.7 Å². The lowest BCUT2D eigenvalue weighted by Gasteiger charge is -2.19.